The van der Waals surface area contributed by atoms with E-state index in [4.69, 9.17) is 11.6 Å². The summed E-state index contributed by atoms with van der Waals surface area (Å²) in [6.07, 6.45) is 3.49. The van der Waals surface area contributed by atoms with Gasteiger partial charge in [0.2, 0.25) is 0 Å². The van der Waals surface area contributed by atoms with Crippen LogP contribution in [0, 0.1) is 0 Å². The second-order valence-corrected chi connectivity index (χ2v) is 7.49. The lowest BCUT2D eigenvalue weighted by Crippen LogP contribution is -2.39. The first-order valence-corrected chi connectivity index (χ1v) is 9.01. The van der Waals surface area contributed by atoms with E-state index in [-0.39, 0.29) is 18.3 Å². The smallest absolute Gasteiger partial charge is 0.255 e. The first kappa shape index (κ1) is 17.9. The van der Waals surface area contributed by atoms with E-state index in [1.165, 1.54) is 12.8 Å². The highest BCUT2D eigenvalue weighted by Crippen LogP contribution is 2.28. The van der Waals surface area contributed by atoms with Gasteiger partial charge in [0.05, 0.1) is 5.56 Å². The number of halogens is 2. The van der Waals surface area contributed by atoms with Crippen LogP contribution in [-0.4, -0.2) is 41.7 Å². The van der Waals surface area contributed by atoms with Gasteiger partial charge < -0.3 is 10.2 Å². The third kappa shape index (κ3) is 3.91. The molecule has 1 N–H and O–H groups in total. The molecule has 1 amide bonds. The fourth-order valence-corrected chi connectivity index (χ4v) is 4.20. The fraction of sp³-hybridized carbons (Fsp3) is 0.562. The maximum absolute atomic E-state index is 12.9. The third-order valence-electron chi connectivity index (χ3n) is 4.28. The van der Waals surface area contributed by atoms with E-state index < -0.39 is 0 Å². The van der Waals surface area contributed by atoms with E-state index >= 15 is 0 Å². The van der Waals surface area contributed by atoms with Gasteiger partial charge in [0.25, 0.3) is 5.91 Å². The van der Waals surface area contributed by atoms with Crippen LogP contribution in [0.2, 0.25) is 5.02 Å². The zero-order valence-electron chi connectivity index (χ0n) is 12.7. The molecule has 0 spiro atoms. The molecule has 2 aliphatic rings. The largest absolute Gasteiger partial charge is 0.337 e. The number of fused-ring (bicyclic) bond motifs is 2. The van der Waals surface area contributed by atoms with Crippen LogP contribution >= 0.6 is 35.8 Å². The van der Waals surface area contributed by atoms with Gasteiger partial charge in [0, 0.05) is 35.1 Å². The molecular weight excluding hydrogens is 339 g/mol. The van der Waals surface area contributed by atoms with E-state index in [0.29, 0.717) is 17.1 Å². The number of amides is 1. The summed E-state index contributed by atoms with van der Waals surface area (Å²) >= 11 is 7.80. The maximum atomic E-state index is 12.9. The van der Waals surface area contributed by atoms with Gasteiger partial charge in [-0.25, -0.2) is 0 Å². The van der Waals surface area contributed by atoms with Gasteiger partial charge in [-0.05, 0) is 43.2 Å². The first-order valence-electron chi connectivity index (χ1n) is 7.65. The molecule has 2 unspecified atom stereocenters. The minimum atomic E-state index is 0. The molecule has 2 saturated heterocycles. The van der Waals surface area contributed by atoms with Gasteiger partial charge in [-0.15, -0.1) is 24.2 Å². The lowest BCUT2D eigenvalue weighted by Gasteiger charge is -2.25. The van der Waals surface area contributed by atoms with Gasteiger partial charge >= 0.3 is 0 Å². The Morgan fingerprint density at radius 2 is 2.14 bits per heavy atom. The van der Waals surface area contributed by atoms with Crippen molar-refractivity contribution >= 4 is 41.7 Å². The van der Waals surface area contributed by atoms with Crippen LogP contribution in [0.25, 0.3) is 0 Å². The molecule has 0 aromatic heterocycles. The van der Waals surface area contributed by atoms with Crippen LogP contribution in [0.4, 0.5) is 0 Å². The van der Waals surface area contributed by atoms with Crippen molar-refractivity contribution in [3.05, 3.63) is 28.8 Å². The Morgan fingerprint density at radius 1 is 1.36 bits per heavy atom. The Bertz CT molecular complexity index is 541. The summed E-state index contributed by atoms with van der Waals surface area (Å²) in [6.45, 7) is 3.76. The van der Waals surface area contributed by atoms with Crippen molar-refractivity contribution in [3.8, 4) is 0 Å². The van der Waals surface area contributed by atoms with Crippen LogP contribution < -0.4 is 5.32 Å². The highest BCUT2D eigenvalue weighted by atomic mass is 35.5. The number of hydrogen-bond donors (Lipinski definition) is 1. The van der Waals surface area contributed by atoms with Gasteiger partial charge in [0.1, 0.15) is 0 Å². The van der Waals surface area contributed by atoms with Crippen molar-refractivity contribution in [1.82, 2.24) is 10.2 Å². The summed E-state index contributed by atoms with van der Waals surface area (Å²) in [5, 5.41) is 4.25. The number of nitrogens with zero attached hydrogens (tertiary/aromatic N) is 1. The van der Waals surface area contributed by atoms with E-state index in [1.807, 2.05) is 23.1 Å². The highest BCUT2D eigenvalue weighted by Gasteiger charge is 2.32. The molecule has 6 heteroatoms. The lowest BCUT2D eigenvalue weighted by molar-refractivity contribution is 0.0744. The Morgan fingerprint density at radius 3 is 2.91 bits per heavy atom. The zero-order chi connectivity index (χ0) is 14.8. The normalized spacial score (nSPS) is 23.8. The summed E-state index contributed by atoms with van der Waals surface area (Å²) in [5.41, 5.74) is 0.757. The fourth-order valence-electron chi connectivity index (χ4n) is 3.25. The molecule has 0 saturated carbocycles. The minimum Gasteiger partial charge on any atom is -0.337 e. The molecule has 22 heavy (non-hydrogen) atoms. The predicted molar refractivity (Wildman–Crippen MR) is 95.6 cm³/mol. The average Bonchev–Trinajstić information content (AvgIpc) is 2.80. The Labute approximate surface area is 147 Å². The van der Waals surface area contributed by atoms with Crippen molar-refractivity contribution in [2.24, 2.45) is 0 Å². The number of thioether (sulfide) groups is 1. The van der Waals surface area contributed by atoms with Gasteiger partial charge in [-0.2, -0.15) is 0 Å². The van der Waals surface area contributed by atoms with Crippen LogP contribution in [0.1, 0.15) is 36.5 Å². The lowest BCUT2D eigenvalue weighted by atomic mass is 10.1. The molecule has 122 valence electrons. The van der Waals surface area contributed by atoms with Crippen molar-refractivity contribution in [1.29, 1.82) is 0 Å². The predicted octanol–water partition coefficient (Wildman–Crippen LogP) is 3.84. The molecule has 1 aromatic carbocycles. The molecule has 2 atom stereocenters. The summed E-state index contributed by atoms with van der Waals surface area (Å²) in [7, 11) is 0. The monoisotopic (exact) mass is 360 g/mol. The number of carbonyl (C=O) groups is 1. The summed E-state index contributed by atoms with van der Waals surface area (Å²) in [4.78, 5) is 15.9. The number of benzene rings is 1. The second kappa shape index (κ2) is 7.91. The van der Waals surface area contributed by atoms with E-state index in [1.54, 1.807) is 11.8 Å². The number of carbonyl (C=O) groups excluding carboxylic acids is 1. The molecule has 0 radical (unpaired) electrons. The van der Waals surface area contributed by atoms with Crippen molar-refractivity contribution in [2.45, 2.75) is 43.2 Å². The molecule has 2 fully saturated rings. The van der Waals surface area contributed by atoms with Crippen molar-refractivity contribution < 1.29 is 4.79 Å². The SMILES string of the molecule is CCSc1ccc(Cl)cc1C(=O)N1CCC2CCC(C1)N2.Cl. The minimum absolute atomic E-state index is 0. The summed E-state index contributed by atoms with van der Waals surface area (Å²) in [5.74, 6) is 1.08. The van der Waals surface area contributed by atoms with Crippen LogP contribution in [-0.2, 0) is 0 Å². The topological polar surface area (TPSA) is 32.3 Å². The molecule has 3 nitrogen and oxygen atoms in total. The molecule has 3 rings (SSSR count). The number of hydrogen-bond acceptors (Lipinski definition) is 3. The third-order valence-corrected chi connectivity index (χ3v) is 5.47. The molecule has 0 aliphatic carbocycles. The average molecular weight is 361 g/mol. The Kier molecular flexibility index (Phi) is 6.45. The van der Waals surface area contributed by atoms with Gasteiger partial charge in [-0.3, -0.25) is 4.79 Å². The Hall–Kier alpha value is -0.420. The zero-order valence-corrected chi connectivity index (χ0v) is 15.1. The van der Waals surface area contributed by atoms with Crippen LogP contribution in [0.5, 0.6) is 0 Å². The van der Waals surface area contributed by atoms with E-state index in [9.17, 15) is 4.79 Å². The van der Waals surface area contributed by atoms with Crippen LogP contribution in [0.15, 0.2) is 23.1 Å². The summed E-state index contributed by atoms with van der Waals surface area (Å²) in [6, 6.07) is 6.70. The first-order chi connectivity index (χ1) is 10.2. The quantitative estimate of drug-likeness (QED) is 0.831. The van der Waals surface area contributed by atoms with E-state index in [2.05, 4.69) is 12.2 Å². The Balaban J connectivity index is 0.00000176. The maximum Gasteiger partial charge on any atom is 0.255 e. The second-order valence-electron chi connectivity index (χ2n) is 5.75. The molecule has 2 aliphatic heterocycles. The molecular formula is C16H22Cl2N2OS. The number of likely N-dealkylation sites (tertiary alicyclic amines) is 1. The van der Waals surface area contributed by atoms with Gasteiger partial charge in [0.15, 0.2) is 0 Å². The molecule has 2 bridgehead atoms. The van der Waals surface area contributed by atoms with Crippen molar-refractivity contribution in [3.63, 3.8) is 0 Å². The van der Waals surface area contributed by atoms with E-state index in [0.717, 1.165) is 35.7 Å². The van der Waals surface area contributed by atoms with Gasteiger partial charge in [-0.1, -0.05) is 18.5 Å². The summed E-state index contributed by atoms with van der Waals surface area (Å²) < 4.78 is 0. The number of nitrogens with one attached hydrogen (secondary N) is 1. The number of rotatable bonds is 3. The molecule has 2 heterocycles. The van der Waals surface area contributed by atoms with Crippen molar-refractivity contribution in [2.75, 3.05) is 18.8 Å². The standard InChI is InChI=1S/C16H21ClN2OS.ClH/c1-2-21-15-6-3-11(17)9-14(15)16(20)19-8-7-12-4-5-13(10-19)18-12;/h3,6,9,12-13,18H,2,4-5,7-8,10H2,1H3;1H. The highest BCUT2D eigenvalue weighted by molar-refractivity contribution is 7.99. The molecule has 1 aromatic rings. The van der Waals surface area contributed by atoms with Crippen LogP contribution in [0.3, 0.4) is 0 Å².